The highest BCUT2D eigenvalue weighted by atomic mass is 16.4. The molecule has 64 valence electrons. The van der Waals surface area contributed by atoms with E-state index in [9.17, 15) is 4.79 Å². The average Bonchev–Trinajstić information content (AvgIpc) is 1.93. The Bertz CT molecular complexity index is 139. The predicted octanol–water partition coefficient (Wildman–Crippen LogP) is -0.452. The molecule has 0 aromatic heterocycles. The van der Waals surface area contributed by atoms with Crippen molar-refractivity contribution in [2.45, 2.75) is 19.3 Å². The molecule has 1 aliphatic heterocycles. The topological polar surface area (TPSA) is 41.7 Å². The Hall–Kier alpha value is -0.570. The molecular formula is C8H15NO2. The van der Waals surface area contributed by atoms with Crippen molar-refractivity contribution in [3.63, 3.8) is 0 Å². The highest BCUT2D eigenvalue weighted by Crippen LogP contribution is 2.13. The zero-order chi connectivity index (χ0) is 8.27. The number of quaternary nitrogens is 1. The first-order chi connectivity index (χ1) is 5.18. The Balaban J connectivity index is 2.22. The largest absolute Gasteiger partial charge is 0.481 e. The smallest absolute Gasteiger partial charge is 0.303 e. The summed E-state index contributed by atoms with van der Waals surface area (Å²) in [6.45, 7) is 2.05. The fourth-order valence-corrected chi connectivity index (χ4v) is 1.54. The van der Waals surface area contributed by atoms with Gasteiger partial charge in [-0.05, 0) is 18.8 Å². The number of carboxylic acid groups (broad SMARTS) is 1. The summed E-state index contributed by atoms with van der Waals surface area (Å²) in [6, 6.07) is 0. The summed E-state index contributed by atoms with van der Waals surface area (Å²) in [5, 5.41) is 8.51. The number of hydrogen-bond donors (Lipinski definition) is 2. The minimum atomic E-state index is -0.664. The van der Waals surface area contributed by atoms with Gasteiger partial charge in [0, 0.05) is 6.42 Å². The SMILES string of the molecule is [CH2-][NH+]1CCC(CC(=O)O)CC1. The molecule has 0 amide bonds. The number of aliphatic carboxylic acids is 1. The fraction of sp³-hybridized carbons (Fsp3) is 0.750. The first kappa shape index (κ1) is 8.53. The summed E-state index contributed by atoms with van der Waals surface area (Å²) in [4.78, 5) is 11.6. The van der Waals surface area contributed by atoms with E-state index < -0.39 is 5.97 Å². The number of likely N-dealkylation sites (tertiary alicyclic amines) is 1. The van der Waals surface area contributed by atoms with Crippen molar-refractivity contribution in [3.8, 4) is 0 Å². The van der Waals surface area contributed by atoms with Crippen LogP contribution in [0.3, 0.4) is 0 Å². The molecule has 0 unspecified atom stereocenters. The van der Waals surface area contributed by atoms with Crippen LogP contribution in [0.25, 0.3) is 0 Å². The van der Waals surface area contributed by atoms with Crippen molar-refractivity contribution in [3.05, 3.63) is 7.05 Å². The second kappa shape index (κ2) is 3.72. The van der Waals surface area contributed by atoms with Gasteiger partial charge in [0.15, 0.2) is 0 Å². The molecular weight excluding hydrogens is 142 g/mol. The molecule has 0 spiro atoms. The van der Waals surface area contributed by atoms with Crippen LogP contribution in [0.15, 0.2) is 0 Å². The number of nitrogens with one attached hydrogen (secondary N) is 1. The maximum absolute atomic E-state index is 10.3. The molecule has 0 radical (unpaired) electrons. The molecule has 11 heavy (non-hydrogen) atoms. The van der Waals surface area contributed by atoms with Crippen LogP contribution >= 0.6 is 0 Å². The second-order valence-electron chi connectivity index (χ2n) is 3.29. The standard InChI is InChI=1S/C8H15NO2/c1-9-4-2-7(3-5-9)6-8(10)11/h7,9H,1-6H2,(H,10,11). The number of hydrogen-bond acceptors (Lipinski definition) is 1. The summed E-state index contributed by atoms with van der Waals surface area (Å²) in [6.07, 6.45) is 2.38. The molecule has 1 saturated heterocycles. The van der Waals surface area contributed by atoms with E-state index in [0.29, 0.717) is 12.3 Å². The Labute approximate surface area is 67.0 Å². The molecule has 1 rings (SSSR count). The Morgan fingerprint density at radius 3 is 2.55 bits per heavy atom. The second-order valence-corrected chi connectivity index (χ2v) is 3.29. The lowest BCUT2D eigenvalue weighted by Gasteiger charge is -2.30. The van der Waals surface area contributed by atoms with Gasteiger partial charge in [0.2, 0.25) is 0 Å². The lowest BCUT2D eigenvalue weighted by molar-refractivity contribution is -0.860. The minimum absolute atomic E-state index is 0.341. The highest BCUT2D eigenvalue weighted by molar-refractivity contribution is 5.66. The van der Waals surface area contributed by atoms with Crippen molar-refractivity contribution in [2.24, 2.45) is 5.92 Å². The molecule has 0 atom stereocenters. The van der Waals surface area contributed by atoms with Crippen LogP contribution in [0.2, 0.25) is 0 Å². The Kier molecular flexibility index (Phi) is 2.88. The van der Waals surface area contributed by atoms with Crippen LogP contribution in [-0.2, 0) is 4.79 Å². The molecule has 3 nitrogen and oxygen atoms in total. The van der Waals surface area contributed by atoms with Gasteiger partial charge in [-0.2, -0.15) is 7.05 Å². The average molecular weight is 157 g/mol. The summed E-state index contributed by atoms with van der Waals surface area (Å²) >= 11 is 0. The molecule has 1 heterocycles. The van der Waals surface area contributed by atoms with Crippen molar-refractivity contribution >= 4 is 5.97 Å². The summed E-state index contributed by atoms with van der Waals surface area (Å²) in [5.41, 5.74) is 0. The van der Waals surface area contributed by atoms with Crippen LogP contribution in [0, 0.1) is 13.0 Å². The predicted molar refractivity (Wildman–Crippen MR) is 41.0 cm³/mol. The summed E-state index contributed by atoms with van der Waals surface area (Å²) in [7, 11) is 3.88. The number of rotatable bonds is 2. The molecule has 1 fully saturated rings. The van der Waals surface area contributed by atoms with Gasteiger partial charge in [-0.25, -0.2) is 0 Å². The third-order valence-corrected chi connectivity index (χ3v) is 2.28. The van der Waals surface area contributed by atoms with Gasteiger partial charge in [0.05, 0.1) is 13.1 Å². The van der Waals surface area contributed by atoms with Gasteiger partial charge >= 0.3 is 5.97 Å². The molecule has 0 aromatic rings. The van der Waals surface area contributed by atoms with E-state index in [4.69, 9.17) is 5.11 Å². The monoisotopic (exact) mass is 157 g/mol. The maximum atomic E-state index is 10.3. The van der Waals surface area contributed by atoms with Crippen LogP contribution in [0.4, 0.5) is 0 Å². The molecule has 3 heteroatoms. The molecule has 0 aliphatic carbocycles. The zero-order valence-electron chi connectivity index (χ0n) is 6.68. The molecule has 1 aliphatic rings. The minimum Gasteiger partial charge on any atom is -0.481 e. The van der Waals surface area contributed by atoms with Crippen LogP contribution < -0.4 is 4.90 Å². The number of piperidine rings is 1. The Morgan fingerprint density at radius 1 is 1.55 bits per heavy atom. The van der Waals surface area contributed by atoms with Crippen molar-refractivity contribution < 1.29 is 14.8 Å². The maximum Gasteiger partial charge on any atom is 0.303 e. The van der Waals surface area contributed by atoms with Gasteiger partial charge in [-0.3, -0.25) is 4.79 Å². The van der Waals surface area contributed by atoms with Crippen LogP contribution in [0.5, 0.6) is 0 Å². The summed E-state index contributed by atoms with van der Waals surface area (Å²) < 4.78 is 0. The van der Waals surface area contributed by atoms with Gasteiger partial charge in [-0.15, -0.1) is 0 Å². The lowest BCUT2D eigenvalue weighted by atomic mass is 9.94. The van der Waals surface area contributed by atoms with Crippen molar-refractivity contribution in [2.75, 3.05) is 13.1 Å². The van der Waals surface area contributed by atoms with Crippen molar-refractivity contribution in [1.29, 1.82) is 0 Å². The molecule has 0 aromatic carbocycles. The number of carbonyl (C=O) groups is 1. The molecule has 0 saturated carbocycles. The van der Waals surface area contributed by atoms with Gasteiger partial charge in [0.1, 0.15) is 0 Å². The van der Waals surface area contributed by atoms with Crippen LogP contribution in [0.1, 0.15) is 19.3 Å². The van der Waals surface area contributed by atoms with E-state index in [2.05, 4.69) is 7.05 Å². The van der Waals surface area contributed by atoms with E-state index in [1.807, 2.05) is 0 Å². The number of carboxylic acids is 1. The fourth-order valence-electron chi connectivity index (χ4n) is 1.54. The van der Waals surface area contributed by atoms with E-state index >= 15 is 0 Å². The van der Waals surface area contributed by atoms with Crippen molar-refractivity contribution in [1.82, 2.24) is 0 Å². The van der Waals surface area contributed by atoms with Gasteiger partial charge < -0.3 is 10.0 Å². The third-order valence-electron chi connectivity index (χ3n) is 2.28. The molecule has 2 N–H and O–H groups in total. The molecule has 0 bridgehead atoms. The summed E-state index contributed by atoms with van der Waals surface area (Å²) in [5.74, 6) is -0.263. The Morgan fingerprint density at radius 2 is 2.09 bits per heavy atom. The van der Waals surface area contributed by atoms with Gasteiger partial charge in [0.25, 0.3) is 0 Å². The van der Waals surface area contributed by atoms with E-state index in [0.717, 1.165) is 25.9 Å². The quantitative estimate of drug-likeness (QED) is 0.533. The zero-order valence-corrected chi connectivity index (χ0v) is 6.68. The first-order valence-corrected chi connectivity index (χ1v) is 4.07. The normalized spacial score (nSPS) is 31.7. The van der Waals surface area contributed by atoms with E-state index in [1.165, 1.54) is 4.90 Å². The third kappa shape index (κ3) is 2.89. The lowest BCUT2D eigenvalue weighted by Crippen LogP contribution is -3.08. The van der Waals surface area contributed by atoms with E-state index in [-0.39, 0.29) is 0 Å². The van der Waals surface area contributed by atoms with E-state index in [1.54, 1.807) is 0 Å². The highest BCUT2D eigenvalue weighted by Gasteiger charge is 2.19. The van der Waals surface area contributed by atoms with Crippen LogP contribution in [-0.4, -0.2) is 24.2 Å². The van der Waals surface area contributed by atoms with Gasteiger partial charge in [-0.1, -0.05) is 0 Å². The first-order valence-electron chi connectivity index (χ1n) is 4.07.